The van der Waals surface area contributed by atoms with Gasteiger partial charge in [0.15, 0.2) is 0 Å². The van der Waals surface area contributed by atoms with Crippen LogP contribution in [0, 0.1) is 0 Å². The summed E-state index contributed by atoms with van der Waals surface area (Å²) in [7, 11) is 0. The van der Waals surface area contributed by atoms with E-state index in [1.807, 2.05) is 30.3 Å². The molecule has 0 fully saturated rings. The Bertz CT molecular complexity index is 201. The molecule has 0 aliphatic rings. The van der Waals surface area contributed by atoms with Crippen LogP contribution in [-0.4, -0.2) is 12.9 Å². The van der Waals surface area contributed by atoms with Crippen LogP contribution in [0.25, 0.3) is 0 Å². The maximum atomic E-state index is 5.28. The van der Waals surface area contributed by atoms with Gasteiger partial charge < -0.3 is 9.47 Å². The fourth-order valence-corrected chi connectivity index (χ4v) is 0.887. The molecule has 0 N–H and O–H groups in total. The maximum Gasteiger partial charge on any atom is 0.148 e. The van der Waals surface area contributed by atoms with Gasteiger partial charge in [0.1, 0.15) is 12.9 Å². The molecule has 0 unspecified atom stereocenters. The molecule has 1 aromatic carbocycles. The van der Waals surface area contributed by atoms with E-state index in [1.54, 1.807) is 0 Å². The van der Waals surface area contributed by atoms with Crippen molar-refractivity contribution in [1.82, 2.24) is 0 Å². The molecule has 0 aromatic heterocycles. The molecule has 0 heterocycles. The molecular formula is C9H11ClO2. The van der Waals surface area contributed by atoms with E-state index in [2.05, 4.69) is 0 Å². The van der Waals surface area contributed by atoms with Crippen LogP contribution in [0.4, 0.5) is 0 Å². The first-order chi connectivity index (χ1) is 5.93. The molecule has 0 radical (unpaired) electrons. The summed E-state index contributed by atoms with van der Waals surface area (Å²) in [5.41, 5.74) is 1.13. The van der Waals surface area contributed by atoms with Gasteiger partial charge in [-0.05, 0) is 5.56 Å². The Morgan fingerprint density at radius 2 is 1.83 bits per heavy atom. The highest BCUT2D eigenvalue weighted by Gasteiger charge is 1.89. The van der Waals surface area contributed by atoms with Crippen LogP contribution < -0.4 is 0 Å². The van der Waals surface area contributed by atoms with Crippen molar-refractivity contribution < 1.29 is 9.47 Å². The Morgan fingerprint density at radius 3 is 2.50 bits per heavy atom. The Kier molecular flexibility index (Phi) is 4.76. The van der Waals surface area contributed by atoms with E-state index in [0.29, 0.717) is 6.61 Å². The van der Waals surface area contributed by atoms with E-state index in [9.17, 15) is 0 Å². The average molecular weight is 187 g/mol. The maximum absolute atomic E-state index is 5.28. The third-order valence-electron chi connectivity index (χ3n) is 1.36. The Hall–Kier alpha value is -0.570. The largest absolute Gasteiger partial charge is 0.351 e. The summed E-state index contributed by atoms with van der Waals surface area (Å²) in [5, 5.41) is 0. The second kappa shape index (κ2) is 6.00. The SMILES string of the molecule is ClCOCOCc1ccccc1. The Balaban J connectivity index is 2.16. The second-order valence-electron chi connectivity index (χ2n) is 2.27. The fraction of sp³-hybridized carbons (Fsp3) is 0.333. The minimum atomic E-state index is 0.175. The van der Waals surface area contributed by atoms with Crippen molar-refractivity contribution in [1.29, 1.82) is 0 Å². The number of rotatable bonds is 5. The number of hydrogen-bond acceptors (Lipinski definition) is 2. The molecular weight excluding hydrogens is 176 g/mol. The number of halogens is 1. The highest BCUT2D eigenvalue weighted by Crippen LogP contribution is 2.00. The lowest BCUT2D eigenvalue weighted by Crippen LogP contribution is -1.98. The molecule has 3 heteroatoms. The zero-order valence-electron chi connectivity index (χ0n) is 6.70. The van der Waals surface area contributed by atoms with Gasteiger partial charge in [-0.25, -0.2) is 0 Å². The van der Waals surface area contributed by atoms with Gasteiger partial charge >= 0.3 is 0 Å². The summed E-state index contributed by atoms with van der Waals surface area (Å²) in [4.78, 5) is 0. The Labute approximate surface area is 77.1 Å². The van der Waals surface area contributed by atoms with Gasteiger partial charge in [0.2, 0.25) is 0 Å². The minimum absolute atomic E-state index is 0.175. The van der Waals surface area contributed by atoms with Gasteiger partial charge in [0, 0.05) is 0 Å². The molecule has 0 aliphatic carbocycles. The van der Waals surface area contributed by atoms with E-state index in [1.165, 1.54) is 0 Å². The number of benzene rings is 1. The fourth-order valence-electron chi connectivity index (χ4n) is 0.824. The third-order valence-corrected chi connectivity index (χ3v) is 1.51. The molecule has 66 valence electrons. The van der Waals surface area contributed by atoms with E-state index < -0.39 is 0 Å². The lowest BCUT2D eigenvalue weighted by Gasteiger charge is -2.02. The van der Waals surface area contributed by atoms with Crippen LogP contribution in [0.3, 0.4) is 0 Å². The molecule has 0 amide bonds. The van der Waals surface area contributed by atoms with Crippen LogP contribution in [0.1, 0.15) is 5.56 Å². The normalized spacial score (nSPS) is 10.1. The molecule has 0 spiro atoms. The van der Waals surface area contributed by atoms with Crippen molar-refractivity contribution >= 4 is 11.6 Å². The minimum Gasteiger partial charge on any atom is -0.351 e. The van der Waals surface area contributed by atoms with Crippen LogP contribution in [0.5, 0.6) is 0 Å². The lowest BCUT2D eigenvalue weighted by atomic mass is 10.2. The second-order valence-corrected chi connectivity index (χ2v) is 2.48. The predicted molar refractivity (Wildman–Crippen MR) is 47.9 cm³/mol. The van der Waals surface area contributed by atoms with Gasteiger partial charge in [-0.3, -0.25) is 0 Å². The molecule has 0 saturated heterocycles. The zero-order valence-corrected chi connectivity index (χ0v) is 7.46. The molecule has 0 aliphatic heterocycles. The smallest absolute Gasteiger partial charge is 0.148 e. The number of hydrogen-bond donors (Lipinski definition) is 0. The summed E-state index contributed by atoms with van der Waals surface area (Å²) >= 11 is 5.28. The van der Waals surface area contributed by atoms with Crippen molar-refractivity contribution in [3.63, 3.8) is 0 Å². The standard InChI is InChI=1S/C9H11ClO2/c10-7-12-8-11-6-9-4-2-1-3-5-9/h1-5H,6-8H2. The van der Waals surface area contributed by atoms with E-state index >= 15 is 0 Å². The lowest BCUT2D eigenvalue weighted by molar-refractivity contribution is -0.0461. The molecule has 12 heavy (non-hydrogen) atoms. The highest BCUT2D eigenvalue weighted by atomic mass is 35.5. The van der Waals surface area contributed by atoms with Crippen LogP contribution in [0.2, 0.25) is 0 Å². The van der Waals surface area contributed by atoms with Crippen molar-refractivity contribution in [2.75, 3.05) is 12.9 Å². The van der Waals surface area contributed by atoms with Crippen LogP contribution in [-0.2, 0) is 16.1 Å². The number of ether oxygens (including phenoxy) is 2. The molecule has 1 rings (SSSR count). The third kappa shape index (κ3) is 3.72. The first-order valence-electron chi connectivity index (χ1n) is 3.69. The van der Waals surface area contributed by atoms with E-state index in [0.717, 1.165) is 5.56 Å². The first-order valence-corrected chi connectivity index (χ1v) is 4.22. The molecule has 0 atom stereocenters. The van der Waals surface area contributed by atoms with Gasteiger partial charge in [-0.15, -0.1) is 0 Å². The molecule has 1 aromatic rings. The van der Waals surface area contributed by atoms with Gasteiger partial charge in [-0.1, -0.05) is 41.9 Å². The topological polar surface area (TPSA) is 18.5 Å². The van der Waals surface area contributed by atoms with Crippen LogP contribution >= 0.6 is 11.6 Å². The van der Waals surface area contributed by atoms with Crippen molar-refractivity contribution in [2.45, 2.75) is 6.61 Å². The monoisotopic (exact) mass is 186 g/mol. The summed E-state index contributed by atoms with van der Waals surface area (Å²) in [6.07, 6.45) is 0. The summed E-state index contributed by atoms with van der Waals surface area (Å²) < 4.78 is 9.95. The first kappa shape index (κ1) is 9.52. The van der Waals surface area contributed by atoms with Crippen molar-refractivity contribution in [3.8, 4) is 0 Å². The summed E-state index contributed by atoms with van der Waals surface area (Å²) in [6.45, 7) is 0.816. The van der Waals surface area contributed by atoms with Gasteiger partial charge in [-0.2, -0.15) is 0 Å². The number of alkyl halides is 1. The highest BCUT2D eigenvalue weighted by molar-refractivity contribution is 6.17. The van der Waals surface area contributed by atoms with Crippen molar-refractivity contribution in [2.24, 2.45) is 0 Å². The molecule has 0 saturated carbocycles. The van der Waals surface area contributed by atoms with Gasteiger partial charge in [0.05, 0.1) is 6.61 Å². The molecule has 0 bridgehead atoms. The quantitative estimate of drug-likeness (QED) is 0.399. The van der Waals surface area contributed by atoms with E-state index in [-0.39, 0.29) is 12.9 Å². The van der Waals surface area contributed by atoms with Crippen LogP contribution in [0.15, 0.2) is 30.3 Å². The zero-order chi connectivity index (χ0) is 8.65. The predicted octanol–water partition coefficient (Wildman–Crippen LogP) is 2.37. The summed E-state index contributed by atoms with van der Waals surface area (Å²) in [6, 6.07) is 10.1. The van der Waals surface area contributed by atoms with Crippen molar-refractivity contribution in [3.05, 3.63) is 35.9 Å². The molecule has 2 nitrogen and oxygen atoms in total. The average Bonchev–Trinajstić information content (AvgIpc) is 2.14. The van der Waals surface area contributed by atoms with Gasteiger partial charge in [0.25, 0.3) is 0 Å². The van der Waals surface area contributed by atoms with E-state index in [4.69, 9.17) is 21.1 Å². The summed E-state index contributed by atoms with van der Waals surface area (Å²) in [5.74, 6) is 0. The Morgan fingerprint density at radius 1 is 1.08 bits per heavy atom.